The Bertz CT molecular complexity index is 1120. The van der Waals surface area contributed by atoms with E-state index < -0.39 is 26.5 Å². The number of carbonyl (C=O) groups excluding carboxylic acids is 2. The molecule has 1 unspecified atom stereocenters. The fraction of sp³-hybridized carbons (Fsp3) is 0.840. The van der Waals surface area contributed by atoms with Gasteiger partial charge in [-0.1, -0.05) is 172 Å². The summed E-state index contributed by atoms with van der Waals surface area (Å²) in [6.07, 6.45) is 49.0. The molecule has 0 aromatic heterocycles. The van der Waals surface area contributed by atoms with E-state index in [1.165, 1.54) is 128 Å². The van der Waals surface area contributed by atoms with Crippen molar-refractivity contribution >= 4 is 19.8 Å². The van der Waals surface area contributed by atoms with Gasteiger partial charge in [0.15, 0.2) is 6.10 Å². The van der Waals surface area contributed by atoms with E-state index in [1.807, 2.05) is 21.1 Å². The molecule has 0 rings (SSSR count). The summed E-state index contributed by atoms with van der Waals surface area (Å²) >= 11 is 0. The number of esters is 2. The maximum absolute atomic E-state index is 12.7. The fourth-order valence-corrected chi connectivity index (χ4v) is 7.49. The van der Waals surface area contributed by atoms with Gasteiger partial charge in [-0.25, -0.2) is 4.57 Å². The fourth-order valence-electron chi connectivity index (χ4n) is 6.75. The minimum Gasteiger partial charge on any atom is -0.462 e. The van der Waals surface area contributed by atoms with Gasteiger partial charge < -0.3 is 18.9 Å². The molecule has 2 atom stereocenters. The third-order valence-corrected chi connectivity index (χ3v) is 11.6. The minimum absolute atomic E-state index is 0.0302. The number of allylic oxidation sites excluding steroid dienone is 6. The van der Waals surface area contributed by atoms with E-state index in [0.29, 0.717) is 17.4 Å². The molecule has 0 aliphatic heterocycles. The summed E-state index contributed by atoms with van der Waals surface area (Å²) in [5, 5.41) is 0. The Morgan fingerprint density at radius 3 is 1.37 bits per heavy atom. The third kappa shape index (κ3) is 45.7. The second-order valence-electron chi connectivity index (χ2n) is 17.8. The van der Waals surface area contributed by atoms with Crippen LogP contribution in [0.15, 0.2) is 36.5 Å². The van der Waals surface area contributed by atoms with Gasteiger partial charge in [0.25, 0.3) is 0 Å². The summed E-state index contributed by atoms with van der Waals surface area (Å²) in [4.78, 5) is 35.5. The van der Waals surface area contributed by atoms with Crippen LogP contribution in [0.3, 0.4) is 0 Å². The Kier molecular flexibility index (Phi) is 41.3. The van der Waals surface area contributed by atoms with Gasteiger partial charge in [-0.15, -0.1) is 0 Å². The Hall–Kier alpha value is -1.77. The van der Waals surface area contributed by atoms with Gasteiger partial charge in [0.05, 0.1) is 27.7 Å². The standard InChI is InChI=1S/C50H94NO8P/c1-6-8-10-12-14-16-18-20-22-24-25-27-29-31-33-35-37-39-41-43-50(53)59-48(47-58-60(54,55)57-45-44-51(3,4)5)46-56-49(52)42-40-38-36-34-32-30-28-26-23-21-19-17-15-13-11-9-7-2/h15,17,20-23,48H,6-14,16,18-19,24-47H2,1-5H3/p+1/b17-15+,22-20+,23-21+/t48-/m1/s1. The molecule has 0 fully saturated rings. The van der Waals surface area contributed by atoms with Crippen molar-refractivity contribution in [1.29, 1.82) is 0 Å². The van der Waals surface area contributed by atoms with Crippen LogP contribution in [0.1, 0.15) is 219 Å². The van der Waals surface area contributed by atoms with Crippen LogP contribution >= 0.6 is 7.82 Å². The number of likely N-dealkylation sites (N-methyl/N-ethyl adjacent to an activating group) is 1. The number of quaternary nitrogens is 1. The minimum atomic E-state index is -4.38. The van der Waals surface area contributed by atoms with Crippen LogP contribution in [0.5, 0.6) is 0 Å². The Morgan fingerprint density at radius 2 is 0.900 bits per heavy atom. The number of unbranched alkanes of at least 4 members (excludes halogenated alkanes) is 25. The summed E-state index contributed by atoms with van der Waals surface area (Å²) in [6, 6.07) is 0. The van der Waals surface area contributed by atoms with Crippen molar-refractivity contribution in [2.24, 2.45) is 0 Å². The maximum atomic E-state index is 12.7. The zero-order chi connectivity index (χ0) is 44.3. The van der Waals surface area contributed by atoms with Gasteiger partial charge in [-0.3, -0.25) is 18.6 Å². The molecule has 9 nitrogen and oxygen atoms in total. The molecule has 352 valence electrons. The molecule has 1 N–H and O–H groups in total. The normalized spacial score (nSPS) is 13.8. The highest BCUT2D eigenvalue weighted by molar-refractivity contribution is 7.47. The molecular formula is C50H95NO8P+. The molecule has 0 aromatic rings. The topological polar surface area (TPSA) is 108 Å². The van der Waals surface area contributed by atoms with Crippen LogP contribution in [0.4, 0.5) is 0 Å². The highest BCUT2D eigenvalue weighted by atomic mass is 31.2. The van der Waals surface area contributed by atoms with Crippen LogP contribution in [0, 0.1) is 0 Å². The zero-order valence-electron chi connectivity index (χ0n) is 39.7. The first-order valence-corrected chi connectivity index (χ1v) is 26.2. The molecule has 0 spiro atoms. The second-order valence-corrected chi connectivity index (χ2v) is 19.3. The predicted molar refractivity (Wildman–Crippen MR) is 252 cm³/mol. The lowest BCUT2D eigenvalue weighted by Gasteiger charge is -2.24. The molecule has 60 heavy (non-hydrogen) atoms. The van der Waals surface area contributed by atoms with E-state index >= 15 is 0 Å². The maximum Gasteiger partial charge on any atom is 0.472 e. The van der Waals surface area contributed by atoms with Crippen LogP contribution in [0.2, 0.25) is 0 Å². The summed E-state index contributed by atoms with van der Waals surface area (Å²) in [6.45, 7) is 4.40. The zero-order valence-corrected chi connectivity index (χ0v) is 40.6. The Labute approximate surface area is 370 Å². The van der Waals surface area contributed by atoms with E-state index in [0.717, 1.165) is 57.8 Å². The molecule has 10 heteroatoms. The van der Waals surface area contributed by atoms with Crippen molar-refractivity contribution in [1.82, 2.24) is 0 Å². The number of phosphoric acid groups is 1. The van der Waals surface area contributed by atoms with Crippen molar-refractivity contribution in [3.8, 4) is 0 Å². The molecule has 0 radical (unpaired) electrons. The van der Waals surface area contributed by atoms with Crippen molar-refractivity contribution in [2.45, 2.75) is 225 Å². The second kappa shape index (κ2) is 42.5. The van der Waals surface area contributed by atoms with Gasteiger partial charge in [-0.05, 0) is 70.6 Å². The van der Waals surface area contributed by atoms with Gasteiger partial charge in [0, 0.05) is 12.8 Å². The largest absolute Gasteiger partial charge is 0.472 e. The van der Waals surface area contributed by atoms with Gasteiger partial charge >= 0.3 is 19.8 Å². The molecule has 0 saturated heterocycles. The quantitative estimate of drug-likeness (QED) is 0.0212. The van der Waals surface area contributed by atoms with Gasteiger partial charge in [0.2, 0.25) is 0 Å². The van der Waals surface area contributed by atoms with E-state index in [-0.39, 0.29) is 32.0 Å². The molecule has 0 aromatic carbocycles. The first-order valence-electron chi connectivity index (χ1n) is 24.7. The third-order valence-electron chi connectivity index (χ3n) is 10.6. The lowest BCUT2D eigenvalue weighted by molar-refractivity contribution is -0.870. The first kappa shape index (κ1) is 58.2. The van der Waals surface area contributed by atoms with Crippen molar-refractivity contribution < 1.29 is 42.1 Å². The lowest BCUT2D eigenvalue weighted by atomic mass is 10.1. The molecular weight excluding hydrogens is 774 g/mol. The summed E-state index contributed by atoms with van der Waals surface area (Å²) < 4.78 is 34.4. The monoisotopic (exact) mass is 869 g/mol. The summed E-state index contributed by atoms with van der Waals surface area (Å²) in [5.74, 6) is -0.804. The number of ether oxygens (including phenoxy) is 2. The van der Waals surface area contributed by atoms with Crippen molar-refractivity contribution in [3.05, 3.63) is 36.5 Å². The SMILES string of the molecule is CCCCC/C=C/C/C=C/CCCCCCCCCC(=O)OC[C@H](COP(=O)(O)OCC[N+](C)(C)C)OC(=O)CCCCCCCCCCC/C=C/CCCCCCCC. The van der Waals surface area contributed by atoms with Gasteiger partial charge in [-0.2, -0.15) is 0 Å². The molecule has 0 bridgehead atoms. The lowest BCUT2D eigenvalue weighted by Crippen LogP contribution is -2.37. The van der Waals surface area contributed by atoms with Crippen LogP contribution in [-0.4, -0.2) is 74.9 Å². The molecule has 0 heterocycles. The van der Waals surface area contributed by atoms with Crippen molar-refractivity contribution in [2.75, 3.05) is 47.5 Å². The predicted octanol–water partition coefficient (Wildman–Crippen LogP) is 14.5. The Morgan fingerprint density at radius 1 is 0.517 bits per heavy atom. The number of hydrogen-bond donors (Lipinski definition) is 1. The highest BCUT2D eigenvalue weighted by Crippen LogP contribution is 2.43. The number of rotatable bonds is 45. The number of carbonyl (C=O) groups is 2. The number of nitrogens with zero attached hydrogens (tertiary/aromatic N) is 1. The smallest absolute Gasteiger partial charge is 0.462 e. The van der Waals surface area contributed by atoms with E-state index in [4.69, 9.17) is 18.5 Å². The van der Waals surface area contributed by atoms with Crippen molar-refractivity contribution in [3.63, 3.8) is 0 Å². The van der Waals surface area contributed by atoms with Crippen LogP contribution in [-0.2, 0) is 32.7 Å². The molecule has 0 aliphatic carbocycles. The number of phosphoric ester groups is 1. The highest BCUT2D eigenvalue weighted by Gasteiger charge is 2.27. The molecule has 0 amide bonds. The Balaban J connectivity index is 4.29. The van der Waals surface area contributed by atoms with E-state index in [1.54, 1.807) is 0 Å². The average Bonchev–Trinajstić information content (AvgIpc) is 3.20. The number of hydrogen-bond acceptors (Lipinski definition) is 7. The van der Waals surface area contributed by atoms with Crippen LogP contribution in [0.25, 0.3) is 0 Å². The summed E-state index contributed by atoms with van der Waals surface area (Å²) in [5.41, 5.74) is 0. The summed E-state index contributed by atoms with van der Waals surface area (Å²) in [7, 11) is 1.47. The van der Waals surface area contributed by atoms with Crippen LogP contribution < -0.4 is 0 Å². The molecule has 0 saturated carbocycles. The van der Waals surface area contributed by atoms with E-state index in [9.17, 15) is 19.0 Å². The first-order chi connectivity index (χ1) is 29.0. The molecule has 0 aliphatic rings. The van der Waals surface area contributed by atoms with E-state index in [2.05, 4.69) is 50.3 Å². The van der Waals surface area contributed by atoms with Gasteiger partial charge in [0.1, 0.15) is 19.8 Å². The average molecular weight is 869 g/mol.